The highest BCUT2D eigenvalue weighted by atomic mass is 32.2. The van der Waals surface area contributed by atoms with Gasteiger partial charge in [0, 0.05) is 26.2 Å². The zero-order chi connectivity index (χ0) is 16.7. The molecule has 2 rings (SSSR count). The molecule has 2 N–H and O–H groups in total. The zero-order valence-electron chi connectivity index (χ0n) is 13.9. The molecule has 1 aliphatic rings. The minimum absolute atomic E-state index is 0.0969. The Hall–Kier alpha value is -1.60. The number of nitrogens with one attached hydrogen (secondary N) is 2. The van der Waals surface area contributed by atoms with Gasteiger partial charge in [-0.15, -0.1) is 0 Å². The van der Waals surface area contributed by atoms with Gasteiger partial charge in [-0.3, -0.25) is 4.99 Å². The molecule has 0 spiro atoms. The predicted octanol–water partition coefficient (Wildman–Crippen LogP) is 0.950. The Balaban J connectivity index is 1.97. The summed E-state index contributed by atoms with van der Waals surface area (Å²) in [5, 5.41) is 3.29. The molecular formula is C16H26N4O2S. The summed E-state index contributed by atoms with van der Waals surface area (Å²) >= 11 is 0. The van der Waals surface area contributed by atoms with Crippen molar-refractivity contribution < 1.29 is 8.42 Å². The van der Waals surface area contributed by atoms with Crippen LogP contribution in [0.3, 0.4) is 0 Å². The molecule has 0 aromatic heterocycles. The van der Waals surface area contributed by atoms with E-state index in [4.69, 9.17) is 0 Å². The van der Waals surface area contributed by atoms with Crippen LogP contribution in [0.25, 0.3) is 0 Å². The number of hydrogen-bond acceptors (Lipinski definition) is 3. The average Bonchev–Trinajstić information content (AvgIpc) is 2.57. The largest absolute Gasteiger partial charge is 0.357 e. The molecule has 0 atom stereocenters. The Kier molecular flexibility index (Phi) is 6.41. The monoisotopic (exact) mass is 338 g/mol. The molecule has 0 radical (unpaired) electrons. The second-order valence-corrected chi connectivity index (χ2v) is 7.57. The highest BCUT2D eigenvalue weighted by Gasteiger charge is 2.18. The van der Waals surface area contributed by atoms with E-state index in [1.807, 2.05) is 6.92 Å². The lowest BCUT2D eigenvalue weighted by molar-refractivity contribution is 0.379. The first-order valence-electron chi connectivity index (χ1n) is 8.13. The summed E-state index contributed by atoms with van der Waals surface area (Å²) < 4.78 is 25.4. The van der Waals surface area contributed by atoms with Gasteiger partial charge in [0.1, 0.15) is 0 Å². The van der Waals surface area contributed by atoms with Crippen LogP contribution in [0.2, 0.25) is 0 Å². The maximum Gasteiger partial charge on any atom is 0.211 e. The second kappa shape index (κ2) is 8.31. The molecule has 6 nitrogen and oxygen atoms in total. The van der Waals surface area contributed by atoms with Crippen LogP contribution in [-0.4, -0.2) is 51.2 Å². The summed E-state index contributed by atoms with van der Waals surface area (Å²) in [5.74, 6) is 0.942. The number of hydrogen-bond donors (Lipinski definition) is 2. The molecule has 0 saturated carbocycles. The van der Waals surface area contributed by atoms with Crippen molar-refractivity contribution in [3.05, 3.63) is 35.4 Å². The summed E-state index contributed by atoms with van der Waals surface area (Å²) in [4.78, 5) is 6.77. The fourth-order valence-corrected chi connectivity index (χ4v) is 3.17. The van der Waals surface area contributed by atoms with E-state index in [-0.39, 0.29) is 5.75 Å². The number of aliphatic imine (C=N–C) groups is 1. The van der Waals surface area contributed by atoms with Gasteiger partial charge < -0.3 is 10.2 Å². The number of nitrogens with zero attached hydrogens (tertiary/aromatic N) is 2. The number of sulfonamides is 1. The summed E-state index contributed by atoms with van der Waals surface area (Å²) in [6.07, 6.45) is 1.00. The van der Waals surface area contributed by atoms with Crippen molar-refractivity contribution in [2.45, 2.75) is 26.8 Å². The van der Waals surface area contributed by atoms with Crippen LogP contribution in [0, 0.1) is 0 Å². The molecule has 1 aliphatic heterocycles. The summed E-state index contributed by atoms with van der Waals surface area (Å²) in [7, 11) is -3.15. The molecule has 128 valence electrons. The lowest BCUT2D eigenvalue weighted by Crippen LogP contribution is -2.44. The molecule has 0 saturated heterocycles. The van der Waals surface area contributed by atoms with Crippen LogP contribution in [0.4, 0.5) is 0 Å². The number of rotatable bonds is 6. The zero-order valence-corrected chi connectivity index (χ0v) is 14.7. The number of guanidine groups is 1. The first-order valence-corrected chi connectivity index (χ1v) is 9.78. The van der Waals surface area contributed by atoms with Crippen LogP contribution >= 0.6 is 0 Å². The normalized spacial score (nSPS) is 15.4. The van der Waals surface area contributed by atoms with Crippen LogP contribution < -0.4 is 10.0 Å². The number of fused-ring (bicyclic) bond motifs is 1. The second-order valence-electron chi connectivity index (χ2n) is 5.47. The van der Waals surface area contributed by atoms with E-state index in [0.717, 1.165) is 32.0 Å². The van der Waals surface area contributed by atoms with E-state index in [1.54, 1.807) is 6.92 Å². The topological polar surface area (TPSA) is 73.8 Å². The van der Waals surface area contributed by atoms with Gasteiger partial charge in [-0.2, -0.15) is 0 Å². The van der Waals surface area contributed by atoms with Gasteiger partial charge in [0.2, 0.25) is 10.0 Å². The third kappa shape index (κ3) is 5.21. The Morgan fingerprint density at radius 1 is 1.26 bits per heavy atom. The maximum absolute atomic E-state index is 11.4. The van der Waals surface area contributed by atoms with Crippen LogP contribution in [0.5, 0.6) is 0 Å². The van der Waals surface area contributed by atoms with Crippen molar-refractivity contribution in [1.29, 1.82) is 0 Å². The van der Waals surface area contributed by atoms with Crippen molar-refractivity contribution in [2.75, 3.05) is 31.9 Å². The van der Waals surface area contributed by atoms with E-state index < -0.39 is 10.0 Å². The molecule has 0 fully saturated rings. The summed E-state index contributed by atoms with van der Waals surface area (Å²) in [6, 6.07) is 8.47. The third-order valence-corrected chi connectivity index (χ3v) is 5.24. The van der Waals surface area contributed by atoms with Crippen molar-refractivity contribution >= 4 is 16.0 Å². The van der Waals surface area contributed by atoms with Crippen molar-refractivity contribution in [1.82, 2.24) is 14.9 Å². The Morgan fingerprint density at radius 3 is 2.70 bits per heavy atom. The average molecular weight is 338 g/mol. The van der Waals surface area contributed by atoms with E-state index >= 15 is 0 Å². The summed E-state index contributed by atoms with van der Waals surface area (Å²) in [6.45, 7) is 6.97. The molecule has 1 aromatic rings. The first kappa shape index (κ1) is 17.7. The van der Waals surface area contributed by atoms with Crippen LogP contribution in [-0.2, 0) is 23.0 Å². The molecular weight excluding hydrogens is 312 g/mol. The van der Waals surface area contributed by atoms with E-state index in [1.165, 1.54) is 11.1 Å². The summed E-state index contributed by atoms with van der Waals surface area (Å²) in [5.41, 5.74) is 2.73. The molecule has 7 heteroatoms. The van der Waals surface area contributed by atoms with Gasteiger partial charge in [-0.25, -0.2) is 13.1 Å². The Morgan fingerprint density at radius 2 is 2.00 bits per heavy atom. The van der Waals surface area contributed by atoms with Crippen LogP contribution in [0.15, 0.2) is 29.3 Å². The Labute approximate surface area is 139 Å². The van der Waals surface area contributed by atoms with E-state index in [0.29, 0.717) is 13.1 Å². The number of benzene rings is 1. The van der Waals surface area contributed by atoms with Crippen molar-refractivity contribution in [3.63, 3.8) is 0 Å². The van der Waals surface area contributed by atoms with Crippen molar-refractivity contribution in [2.24, 2.45) is 4.99 Å². The standard InChI is InChI=1S/C16H26N4O2S/c1-3-17-16(18-10-11-19-23(21,22)4-2)20-12-9-14-7-5-6-8-15(14)13-20/h5-8,19H,3-4,9-13H2,1-2H3,(H,17,18). The first-order chi connectivity index (χ1) is 11.1. The van der Waals surface area contributed by atoms with E-state index in [9.17, 15) is 8.42 Å². The molecule has 1 aromatic carbocycles. The van der Waals surface area contributed by atoms with E-state index in [2.05, 4.69) is 44.2 Å². The minimum Gasteiger partial charge on any atom is -0.357 e. The highest BCUT2D eigenvalue weighted by Crippen LogP contribution is 2.18. The molecule has 1 heterocycles. The van der Waals surface area contributed by atoms with Gasteiger partial charge in [0.25, 0.3) is 0 Å². The molecule has 23 heavy (non-hydrogen) atoms. The molecule has 0 amide bonds. The molecule has 0 aliphatic carbocycles. The van der Waals surface area contributed by atoms with Gasteiger partial charge in [-0.05, 0) is 31.4 Å². The van der Waals surface area contributed by atoms with Gasteiger partial charge in [0.15, 0.2) is 5.96 Å². The lowest BCUT2D eigenvalue weighted by atomic mass is 10.0. The fraction of sp³-hybridized carbons (Fsp3) is 0.562. The predicted molar refractivity (Wildman–Crippen MR) is 94.0 cm³/mol. The van der Waals surface area contributed by atoms with Crippen molar-refractivity contribution in [3.8, 4) is 0 Å². The molecule has 0 unspecified atom stereocenters. The third-order valence-electron chi connectivity index (χ3n) is 3.84. The minimum atomic E-state index is -3.15. The lowest BCUT2D eigenvalue weighted by Gasteiger charge is -2.31. The van der Waals surface area contributed by atoms with Gasteiger partial charge in [-0.1, -0.05) is 24.3 Å². The maximum atomic E-state index is 11.4. The van der Waals surface area contributed by atoms with Gasteiger partial charge >= 0.3 is 0 Å². The fourth-order valence-electron chi connectivity index (χ4n) is 2.57. The Bertz CT molecular complexity index is 643. The quantitative estimate of drug-likeness (QED) is 0.460. The highest BCUT2D eigenvalue weighted by molar-refractivity contribution is 7.89. The molecule has 0 bridgehead atoms. The SMILES string of the molecule is CCNC(=NCCNS(=O)(=O)CC)N1CCc2ccccc2C1. The van der Waals surface area contributed by atoms with Crippen LogP contribution in [0.1, 0.15) is 25.0 Å². The smallest absolute Gasteiger partial charge is 0.211 e. The van der Waals surface area contributed by atoms with Gasteiger partial charge in [0.05, 0.1) is 12.3 Å².